The molecule has 3 fully saturated rings. The Labute approximate surface area is 287 Å². The number of hydrogen-bond donors (Lipinski definition) is 4. The summed E-state index contributed by atoms with van der Waals surface area (Å²) in [5, 5.41) is 2.79. The van der Waals surface area contributed by atoms with Crippen LogP contribution < -0.4 is 10.1 Å². The van der Waals surface area contributed by atoms with Crippen LogP contribution >= 0.6 is 7.60 Å². The average Bonchev–Trinajstić information content (AvgIpc) is 3.82. The van der Waals surface area contributed by atoms with Crippen LogP contribution in [0, 0.1) is 0 Å². The molecule has 4 N–H and O–H groups in total. The number of carbonyl (C=O) groups is 4. The number of nitrogens with zero attached hydrogens (tertiary/aromatic N) is 3. The number of benzene rings is 2. The first kappa shape index (κ1) is 35.5. The van der Waals surface area contributed by atoms with Gasteiger partial charge in [-0.05, 0) is 74.4 Å². The van der Waals surface area contributed by atoms with Crippen molar-refractivity contribution in [3.63, 3.8) is 0 Å². The predicted molar refractivity (Wildman–Crippen MR) is 177 cm³/mol. The van der Waals surface area contributed by atoms with Gasteiger partial charge in [0.15, 0.2) is 0 Å². The molecule has 0 radical (unpaired) electrons. The summed E-state index contributed by atoms with van der Waals surface area (Å²) >= 11 is 0. The minimum atomic E-state index is -5.81. The highest BCUT2D eigenvalue weighted by molar-refractivity contribution is 7.52. The molecule has 4 heterocycles. The molecule has 0 spiro atoms. The van der Waals surface area contributed by atoms with Crippen LogP contribution in [0.5, 0.6) is 5.75 Å². The molecular formula is C34H40F2N5O8P. The zero-order valence-corrected chi connectivity index (χ0v) is 28.6. The fourth-order valence-electron chi connectivity index (χ4n) is 7.42. The lowest BCUT2D eigenvalue weighted by Crippen LogP contribution is -2.61. The number of alkyl halides is 2. The summed E-state index contributed by atoms with van der Waals surface area (Å²) in [5.74, 6) is -0.921. The Morgan fingerprint density at radius 3 is 2.46 bits per heavy atom. The number of aromatic amines is 1. The summed E-state index contributed by atoms with van der Waals surface area (Å²) in [4.78, 5) is 80.6. The van der Waals surface area contributed by atoms with Gasteiger partial charge in [-0.1, -0.05) is 18.2 Å². The van der Waals surface area contributed by atoms with Crippen molar-refractivity contribution in [1.29, 1.82) is 0 Å². The topological polar surface area (TPSA) is 173 Å². The van der Waals surface area contributed by atoms with Crippen molar-refractivity contribution < 1.29 is 47.0 Å². The van der Waals surface area contributed by atoms with E-state index in [1.807, 2.05) is 29.2 Å². The van der Waals surface area contributed by atoms with E-state index in [2.05, 4.69) is 10.3 Å². The molecule has 268 valence electrons. The van der Waals surface area contributed by atoms with Gasteiger partial charge in [-0.15, -0.1) is 0 Å². The SMILES string of the molecule is COc1ccc(CC2CCCN2C(=O)[C@@H]2CC[C@@H]3CCN(C(C)=O)CC(NC(=O)c4cc5cc(C(F)(F)P(=O)(O)O)ccc5[nH]4)C(=O)N32)cc1. The number of carbonyl (C=O) groups excluding carboxylic acids is 4. The van der Waals surface area contributed by atoms with Gasteiger partial charge >= 0.3 is 13.3 Å². The molecular weight excluding hydrogens is 675 g/mol. The van der Waals surface area contributed by atoms with Crippen molar-refractivity contribution in [2.24, 2.45) is 0 Å². The summed E-state index contributed by atoms with van der Waals surface area (Å²) in [6.45, 7) is 2.14. The van der Waals surface area contributed by atoms with Gasteiger partial charge < -0.3 is 39.5 Å². The number of amides is 4. The number of ether oxygens (including phenoxy) is 1. The molecule has 2 aromatic carbocycles. The Hall–Kier alpha value is -4.33. The lowest BCUT2D eigenvalue weighted by atomic mass is 10.0. The number of hydrogen-bond acceptors (Lipinski definition) is 6. The van der Waals surface area contributed by atoms with Crippen molar-refractivity contribution in [2.75, 3.05) is 26.7 Å². The molecule has 4 amide bonds. The summed E-state index contributed by atoms with van der Waals surface area (Å²) in [6, 6.07) is 9.58. The number of halogens is 2. The number of aromatic nitrogens is 1. The third kappa shape index (κ3) is 6.86. The van der Waals surface area contributed by atoms with E-state index in [4.69, 9.17) is 14.5 Å². The van der Waals surface area contributed by atoms with Crippen molar-refractivity contribution in [3.05, 3.63) is 65.4 Å². The van der Waals surface area contributed by atoms with Crippen LogP contribution in [-0.2, 0) is 31.0 Å². The molecule has 3 aromatic rings. The Kier molecular flexibility index (Phi) is 9.77. The monoisotopic (exact) mass is 715 g/mol. The highest BCUT2D eigenvalue weighted by atomic mass is 31.2. The largest absolute Gasteiger partial charge is 0.497 e. The van der Waals surface area contributed by atoms with Gasteiger partial charge in [0.05, 0.1) is 7.11 Å². The van der Waals surface area contributed by atoms with Gasteiger partial charge in [0.25, 0.3) is 5.91 Å². The number of nitrogens with one attached hydrogen (secondary N) is 2. The molecule has 50 heavy (non-hydrogen) atoms. The molecule has 0 bridgehead atoms. The van der Waals surface area contributed by atoms with Crippen LogP contribution in [0.25, 0.3) is 10.9 Å². The first-order chi connectivity index (χ1) is 23.7. The molecule has 2 unspecified atom stereocenters. The van der Waals surface area contributed by atoms with Gasteiger partial charge in [0.1, 0.15) is 23.5 Å². The van der Waals surface area contributed by atoms with Crippen LogP contribution in [0.2, 0.25) is 0 Å². The van der Waals surface area contributed by atoms with Crippen molar-refractivity contribution >= 4 is 42.1 Å². The Bertz CT molecular complexity index is 1850. The van der Waals surface area contributed by atoms with Gasteiger partial charge in [-0.3, -0.25) is 23.7 Å². The third-order valence-corrected chi connectivity index (χ3v) is 11.1. The van der Waals surface area contributed by atoms with Crippen molar-refractivity contribution in [1.82, 2.24) is 25.0 Å². The molecule has 13 nitrogen and oxygen atoms in total. The molecule has 16 heteroatoms. The maximum atomic E-state index is 14.4. The van der Waals surface area contributed by atoms with Crippen LogP contribution in [0.15, 0.2) is 48.5 Å². The second-order valence-corrected chi connectivity index (χ2v) is 14.9. The first-order valence-corrected chi connectivity index (χ1v) is 18.2. The van der Waals surface area contributed by atoms with Gasteiger partial charge in [0.2, 0.25) is 17.7 Å². The summed E-state index contributed by atoms with van der Waals surface area (Å²) in [5.41, 5.74) is -4.14. The highest BCUT2D eigenvalue weighted by Gasteiger charge is 2.51. The van der Waals surface area contributed by atoms with Crippen molar-refractivity contribution in [2.45, 2.75) is 75.3 Å². The Morgan fingerprint density at radius 1 is 1.04 bits per heavy atom. The standard InChI is InChI=1S/C34H40F2N5O8P/c1-20(42)39-15-13-24-8-12-30(33(45)40-14-3-4-25(40)16-21-5-9-26(49-2)10-6-21)41(24)32(44)29(19-39)38-31(43)28-18-22-17-23(7-11-27(22)37-28)34(35,36)50(46,47)48/h5-7,9-11,17-18,24-25,29-30,37H,3-4,8,12-16,19H2,1-2H3,(H,38,43)(H2,46,47,48)/t24-,25?,29?,30+/m1/s1. The molecule has 6 rings (SSSR count). The van der Waals surface area contributed by atoms with E-state index in [-0.39, 0.29) is 47.0 Å². The normalized spacial score (nSPS) is 23.1. The summed E-state index contributed by atoms with van der Waals surface area (Å²) in [6.07, 6.45) is 3.83. The van der Waals surface area contributed by atoms with Crippen LogP contribution in [0.1, 0.15) is 60.6 Å². The smallest absolute Gasteiger partial charge is 0.399 e. The first-order valence-electron chi connectivity index (χ1n) is 16.6. The Balaban J connectivity index is 1.22. The van der Waals surface area contributed by atoms with E-state index in [1.165, 1.54) is 24.0 Å². The molecule has 1 aromatic heterocycles. The van der Waals surface area contributed by atoms with E-state index < -0.39 is 42.7 Å². The zero-order valence-electron chi connectivity index (χ0n) is 27.7. The third-order valence-electron chi connectivity index (χ3n) is 10.1. The van der Waals surface area contributed by atoms with Crippen LogP contribution in [-0.4, -0.2) is 104 Å². The highest BCUT2D eigenvalue weighted by Crippen LogP contribution is 2.59. The van der Waals surface area contributed by atoms with Crippen LogP contribution in [0.4, 0.5) is 8.78 Å². The number of methoxy groups -OCH3 is 1. The fraction of sp³-hybridized carbons (Fsp3) is 0.471. The quantitative estimate of drug-likeness (QED) is 0.257. The lowest BCUT2D eigenvalue weighted by Gasteiger charge is -2.39. The molecule has 4 atom stereocenters. The van der Waals surface area contributed by atoms with Gasteiger partial charge in [0, 0.05) is 55.1 Å². The lowest BCUT2D eigenvalue weighted by molar-refractivity contribution is -0.149. The van der Waals surface area contributed by atoms with E-state index >= 15 is 0 Å². The summed E-state index contributed by atoms with van der Waals surface area (Å²) in [7, 11) is -4.21. The Morgan fingerprint density at radius 2 is 1.78 bits per heavy atom. The number of likely N-dealkylation sites (tertiary alicyclic amines) is 1. The maximum absolute atomic E-state index is 14.4. The molecule has 0 aliphatic carbocycles. The minimum absolute atomic E-state index is 0.0346. The second-order valence-electron chi connectivity index (χ2n) is 13.2. The number of fused-ring (bicyclic) bond motifs is 2. The second kappa shape index (κ2) is 13.8. The summed E-state index contributed by atoms with van der Waals surface area (Å²) < 4.78 is 45.4. The zero-order chi connectivity index (χ0) is 36.0. The predicted octanol–water partition coefficient (Wildman–Crippen LogP) is 3.35. The van der Waals surface area contributed by atoms with Crippen LogP contribution in [0.3, 0.4) is 0 Å². The van der Waals surface area contributed by atoms with E-state index in [1.54, 1.807) is 12.0 Å². The number of rotatable bonds is 8. The maximum Gasteiger partial charge on any atom is 0.399 e. The average molecular weight is 716 g/mol. The van der Waals surface area contributed by atoms with E-state index in [9.17, 15) is 32.5 Å². The molecule has 3 aliphatic rings. The molecule has 3 saturated heterocycles. The molecule has 0 saturated carbocycles. The molecule has 3 aliphatic heterocycles. The van der Waals surface area contributed by atoms with E-state index in [0.717, 1.165) is 36.3 Å². The van der Waals surface area contributed by atoms with Crippen molar-refractivity contribution in [3.8, 4) is 5.75 Å². The number of H-pyrrole nitrogens is 1. The van der Waals surface area contributed by atoms with Gasteiger partial charge in [-0.2, -0.15) is 8.78 Å². The minimum Gasteiger partial charge on any atom is -0.497 e. The van der Waals surface area contributed by atoms with E-state index in [0.29, 0.717) is 38.8 Å². The fourth-order valence-corrected chi connectivity index (χ4v) is 7.90. The van der Waals surface area contributed by atoms with Gasteiger partial charge in [-0.25, -0.2) is 0 Å².